The van der Waals surface area contributed by atoms with Crippen LogP contribution < -0.4 is 5.32 Å². The first-order valence-electron chi connectivity index (χ1n) is 3.80. The van der Waals surface area contributed by atoms with Crippen molar-refractivity contribution >= 4 is 12.6 Å². The molecule has 1 atom stereocenters. The summed E-state index contributed by atoms with van der Waals surface area (Å²) in [5, 5.41) is 14.3. The van der Waals surface area contributed by atoms with Crippen molar-refractivity contribution in [1.82, 2.24) is 25.5 Å². The Morgan fingerprint density at radius 1 is 1.67 bits per heavy atom. The van der Waals surface area contributed by atoms with Crippen LogP contribution in [0.5, 0.6) is 0 Å². The van der Waals surface area contributed by atoms with Gasteiger partial charge in [-0.2, -0.15) is 12.6 Å². The first kappa shape index (κ1) is 9.47. The van der Waals surface area contributed by atoms with Gasteiger partial charge in [0.1, 0.15) is 0 Å². The van der Waals surface area contributed by atoms with E-state index < -0.39 is 0 Å². The number of tetrazole rings is 1. The third-order valence-corrected chi connectivity index (χ3v) is 2.11. The van der Waals surface area contributed by atoms with Crippen molar-refractivity contribution in [2.75, 3.05) is 13.6 Å². The van der Waals surface area contributed by atoms with Crippen LogP contribution in [-0.2, 0) is 7.05 Å². The fourth-order valence-corrected chi connectivity index (χ4v) is 1.28. The molecule has 0 saturated heterocycles. The molecule has 1 aromatic rings. The Balaban J connectivity index is 2.52. The van der Waals surface area contributed by atoms with Gasteiger partial charge in [0, 0.05) is 7.05 Å². The molecular weight excluding hydrogens is 174 g/mol. The van der Waals surface area contributed by atoms with E-state index in [-0.39, 0.29) is 5.25 Å². The number of thiol groups is 1. The van der Waals surface area contributed by atoms with Crippen molar-refractivity contribution in [3.8, 4) is 0 Å². The fourth-order valence-electron chi connectivity index (χ4n) is 0.929. The van der Waals surface area contributed by atoms with E-state index in [9.17, 15) is 0 Å². The van der Waals surface area contributed by atoms with Crippen LogP contribution >= 0.6 is 12.6 Å². The van der Waals surface area contributed by atoms with Gasteiger partial charge in [-0.1, -0.05) is 0 Å². The third-order valence-electron chi connectivity index (χ3n) is 1.62. The predicted octanol–water partition coefficient (Wildman–Crippen LogP) is -0.210. The average molecular weight is 187 g/mol. The van der Waals surface area contributed by atoms with Crippen molar-refractivity contribution in [3.63, 3.8) is 0 Å². The van der Waals surface area contributed by atoms with Gasteiger partial charge >= 0.3 is 0 Å². The standard InChI is InChI=1S/C6H13N5S/c1-7-4-3-5(12)6-8-9-10-11(6)2/h5,7,12H,3-4H2,1-2H3. The van der Waals surface area contributed by atoms with Gasteiger partial charge in [0.15, 0.2) is 5.82 Å². The second kappa shape index (κ2) is 4.42. The summed E-state index contributed by atoms with van der Waals surface area (Å²) in [5.41, 5.74) is 0. The molecule has 1 N–H and O–H groups in total. The quantitative estimate of drug-likeness (QED) is 0.640. The van der Waals surface area contributed by atoms with E-state index in [4.69, 9.17) is 0 Å². The maximum Gasteiger partial charge on any atom is 0.163 e. The smallest absolute Gasteiger partial charge is 0.163 e. The Hall–Kier alpha value is -0.620. The van der Waals surface area contributed by atoms with Crippen LogP contribution in [0, 0.1) is 0 Å². The lowest BCUT2D eigenvalue weighted by Crippen LogP contribution is -2.12. The Morgan fingerprint density at radius 3 is 2.92 bits per heavy atom. The van der Waals surface area contributed by atoms with Gasteiger partial charge in [-0.05, 0) is 30.4 Å². The average Bonchev–Trinajstić information content (AvgIpc) is 2.47. The van der Waals surface area contributed by atoms with Crippen LogP contribution in [0.3, 0.4) is 0 Å². The van der Waals surface area contributed by atoms with Gasteiger partial charge in [0.25, 0.3) is 0 Å². The summed E-state index contributed by atoms with van der Waals surface area (Å²) in [7, 11) is 3.73. The lowest BCUT2D eigenvalue weighted by molar-refractivity contribution is 0.637. The largest absolute Gasteiger partial charge is 0.320 e. The number of aromatic nitrogens is 4. The van der Waals surface area contributed by atoms with Crippen LogP contribution in [0.1, 0.15) is 17.5 Å². The normalized spacial score (nSPS) is 13.2. The second-order valence-corrected chi connectivity index (χ2v) is 3.19. The highest BCUT2D eigenvalue weighted by molar-refractivity contribution is 7.80. The summed E-state index contributed by atoms with van der Waals surface area (Å²) in [6.45, 7) is 0.918. The highest BCUT2D eigenvalue weighted by Crippen LogP contribution is 2.18. The molecule has 0 aliphatic heterocycles. The number of nitrogens with zero attached hydrogens (tertiary/aromatic N) is 4. The van der Waals surface area contributed by atoms with E-state index in [1.165, 1.54) is 0 Å². The lowest BCUT2D eigenvalue weighted by Gasteiger charge is -2.07. The molecule has 5 nitrogen and oxygen atoms in total. The minimum Gasteiger partial charge on any atom is -0.320 e. The molecule has 1 unspecified atom stereocenters. The predicted molar refractivity (Wildman–Crippen MR) is 49.1 cm³/mol. The monoisotopic (exact) mass is 187 g/mol. The van der Waals surface area contributed by atoms with Gasteiger partial charge in [0.2, 0.25) is 0 Å². The molecule has 0 spiro atoms. The zero-order valence-electron chi connectivity index (χ0n) is 7.23. The molecule has 0 fully saturated rings. The lowest BCUT2D eigenvalue weighted by atomic mass is 10.3. The Morgan fingerprint density at radius 2 is 2.42 bits per heavy atom. The summed E-state index contributed by atoms with van der Waals surface area (Å²) < 4.78 is 1.65. The molecule has 0 aliphatic carbocycles. The number of hydrogen-bond acceptors (Lipinski definition) is 5. The van der Waals surface area contributed by atoms with Gasteiger partial charge in [-0.25, -0.2) is 4.68 Å². The van der Waals surface area contributed by atoms with Crippen LogP contribution in [0.2, 0.25) is 0 Å². The zero-order chi connectivity index (χ0) is 8.97. The van der Waals surface area contributed by atoms with Crippen LogP contribution in [-0.4, -0.2) is 33.8 Å². The van der Waals surface area contributed by atoms with E-state index in [1.807, 2.05) is 14.1 Å². The van der Waals surface area contributed by atoms with Crippen molar-refractivity contribution < 1.29 is 0 Å². The number of nitrogens with one attached hydrogen (secondary N) is 1. The highest BCUT2D eigenvalue weighted by atomic mass is 32.1. The summed E-state index contributed by atoms with van der Waals surface area (Å²) in [4.78, 5) is 0. The second-order valence-electron chi connectivity index (χ2n) is 2.57. The van der Waals surface area contributed by atoms with Crippen molar-refractivity contribution in [2.45, 2.75) is 11.7 Å². The minimum absolute atomic E-state index is 0.109. The molecule has 1 heterocycles. The molecule has 0 amide bonds. The Kier molecular flexibility index (Phi) is 3.48. The van der Waals surface area contributed by atoms with Gasteiger partial charge in [-0.15, -0.1) is 5.10 Å². The van der Waals surface area contributed by atoms with Crippen molar-refractivity contribution in [1.29, 1.82) is 0 Å². The molecule has 0 aromatic carbocycles. The molecule has 12 heavy (non-hydrogen) atoms. The van der Waals surface area contributed by atoms with Crippen molar-refractivity contribution in [3.05, 3.63) is 5.82 Å². The molecule has 0 radical (unpaired) electrons. The molecule has 6 heteroatoms. The number of hydrogen-bond donors (Lipinski definition) is 2. The van der Waals surface area contributed by atoms with E-state index >= 15 is 0 Å². The summed E-state index contributed by atoms with van der Waals surface area (Å²) in [6.07, 6.45) is 0.924. The number of rotatable bonds is 4. The molecule has 0 saturated carbocycles. The van der Waals surface area contributed by atoms with E-state index in [1.54, 1.807) is 4.68 Å². The van der Waals surface area contributed by atoms with E-state index in [2.05, 4.69) is 33.5 Å². The van der Waals surface area contributed by atoms with Crippen molar-refractivity contribution in [2.24, 2.45) is 7.05 Å². The Labute approximate surface area is 76.9 Å². The third kappa shape index (κ3) is 2.18. The SMILES string of the molecule is CNCCC(S)c1nnnn1C. The Bertz CT molecular complexity index is 236. The summed E-state index contributed by atoms with van der Waals surface area (Å²) in [5.74, 6) is 0.814. The van der Waals surface area contributed by atoms with Crippen LogP contribution in [0.4, 0.5) is 0 Å². The molecule has 68 valence electrons. The minimum atomic E-state index is 0.109. The highest BCUT2D eigenvalue weighted by Gasteiger charge is 2.11. The van der Waals surface area contributed by atoms with Gasteiger partial charge < -0.3 is 5.32 Å². The van der Waals surface area contributed by atoms with E-state index in [0.717, 1.165) is 18.8 Å². The summed E-state index contributed by atoms with van der Waals surface area (Å²) in [6, 6.07) is 0. The number of aryl methyl sites for hydroxylation is 1. The first-order valence-corrected chi connectivity index (χ1v) is 4.32. The van der Waals surface area contributed by atoms with Gasteiger partial charge in [0.05, 0.1) is 5.25 Å². The molecule has 1 rings (SSSR count). The molecule has 0 bridgehead atoms. The fraction of sp³-hybridized carbons (Fsp3) is 0.833. The summed E-state index contributed by atoms with van der Waals surface area (Å²) >= 11 is 4.39. The maximum atomic E-state index is 4.39. The molecule has 1 aromatic heterocycles. The zero-order valence-corrected chi connectivity index (χ0v) is 8.12. The van der Waals surface area contributed by atoms with Crippen LogP contribution in [0.25, 0.3) is 0 Å². The molecule has 0 aliphatic rings. The van der Waals surface area contributed by atoms with Gasteiger partial charge in [-0.3, -0.25) is 0 Å². The first-order chi connectivity index (χ1) is 5.75. The maximum absolute atomic E-state index is 4.39. The topological polar surface area (TPSA) is 55.6 Å². The molecular formula is C6H13N5S. The van der Waals surface area contributed by atoms with E-state index in [0.29, 0.717) is 0 Å². The van der Waals surface area contributed by atoms with Crippen LogP contribution in [0.15, 0.2) is 0 Å².